The average Bonchev–Trinajstić information content (AvgIpc) is 0.783. The molecular formula is C64H65Cl2N5O14P+. The fourth-order valence-corrected chi connectivity index (χ4v) is 16.5. The second-order valence-electron chi connectivity index (χ2n) is 21.7. The number of aryl methyl sites for hydroxylation is 1. The number of anilines is 1. The van der Waals surface area contributed by atoms with Gasteiger partial charge in [0.25, 0.3) is 5.91 Å². The van der Waals surface area contributed by atoms with Crippen molar-refractivity contribution >= 4 is 81.4 Å². The number of fused-ring (bicyclic) bond motifs is 3. The van der Waals surface area contributed by atoms with E-state index in [-0.39, 0.29) is 40.8 Å². The fourth-order valence-electron chi connectivity index (χ4n) is 12.0. The van der Waals surface area contributed by atoms with E-state index in [9.17, 15) is 49.5 Å². The van der Waals surface area contributed by atoms with Gasteiger partial charge in [0.2, 0.25) is 5.78 Å². The van der Waals surface area contributed by atoms with Gasteiger partial charge in [-0.05, 0) is 86.3 Å². The third-order valence-electron chi connectivity index (χ3n) is 16.3. The van der Waals surface area contributed by atoms with E-state index in [1.165, 1.54) is 48.1 Å². The number of ether oxygens (including phenoxy) is 4. The number of alkyl halides is 2. The number of methoxy groups -OCH3 is 1. The summed E-state index contributed by atoms with van der Waals surface area (Å²) < 4.78 is 25.7. The number of phenols is 2. The van der Waals surface area contributed by atoms with Crippen molar-refractivity contribution in [3.63, 3.8) is 0 Å². The quantitative estimate of drug-likeness (QED) is 0.0149. The molecule has 7 atom stereocenters. The van der Waals surface area contributed by atoms with Crippen molar-refractivity contribution in [2.75, 3.05) is 25.2 Å². The number of aromatic nitrogens is 3. The Kier molecular flexibility index (Phi) is 19.0. The Balaban J connectivity index is 0.834. The number of carbonyl (C=O) groups is 5. The van der Waals surface area contributed by atoms with E-state index in [1.54, 1.807) is 35.1 Å². The first kappa shape index (κ1) is 61.5. The lowest BCUT2D eigenvalue weighted by atomic mass is 9.72. The van der Waals surface area contributed by atoms with Gasteiger partial charge in [-0.3, -0.25) is 23.9 Å². The summed E-state index contributed by atoms with van der Waals surface area (Å²) in [5, 5.41) is 75.4. The van der Waals surface area contributed by atoms with Crippen LogP contribution in [-0.2, 0) is 43.2 Å². The maximum Gasteiger partial charge on any atom is 0.408 e. The minimum Gasteiger partial charge on any atom is -0.507 e. The molecule has 0 bridgehead atoms. The summed E-state index contributed by atoms with van der Waals surface area (Å²) in [6.07, 6.45) is -2.27. The van der Waals surface area contributed by atoms with Crippen molar-refractivity contribution in [1.29, 1.82) is 0 Å². The summed E-state index contributed by atoms with van der Waals surface area (Å²) in [5.41, 5.74) is -2.97. The highest BCUT2D eigenvalue weighted by atomic mass is 35.5. The van der Waals surface area contributed by atoms with Gasteiger partial charge in [0.15, 0.2) is 22.7 Å². The molecule has 2 heterocycles. The maximum atomic E-state index is 14.2. The number of alkyl carbamates (subject to hydrolysis) is 1. The van der Waals surface area contributed by atoms with Gasteiger partial charge in [-0.2, -0.15) is 0 Å². The molecule has 22 heteroatoms. The van der Waals surface area contributed by atoms with E-state index >= 15 is 0 Å². The van der Waals surface area contributed by atoms with Gasteiger partial charge in [-0.15, -0.1) is 5.10 Å². The van der Waals surface area contributed by atoms with Crippen LogP contribution in [0.2, 0.25) is 0 Å². The maximum absolute atomic E-state index is 14.2. The molecule has 19 nitrogen and oxygen atoms in total. The topological polar surface area (TPSA) is 278 Å². The van der Waals surface area contributed by atoms with E-state index in [0.29, 0.717) is 23.5 Å². The Bertz CT molecular complexity index is 3520. The lowest BCUT2D eigenvalue weighted by Crippen LogP contribution is -2.56. The van der Waals surface area contributed by atoms with E-state index in [1.807, 2.05) is 0 Å². The lowest BCUT2D eigenvalue weighted by Gasteiger charge is -2.42. The second kappa shape index (κ2) is 26.6. The van der Waals surface area contributed by atoms with Crippen LogP contribution in [-0.4, -0.2) is 125 Å². The first-order valence-corrected chi connectivity index (χ1v) is 31.1. The van der Waals surface area contributed by atoms with Crippen molar-refractivity contribution in [3.05, 3.63) is 184 Å². The van der Waals surface area contributed by atoms with Gasteiger partial charge < -0.3 is 55.1 Å². The van der Waals surface area contributed by atoms with Gasteiger partial charge in [0.05, 0.1) is 53.9 Å². The summed E-state index contributed by atoms with van der Waals surface area (Å²) in [6, 6.07) is 42.0. The number of aromatic hydroxyl groups is 2. The first-order chi connectivity index (χ1) is 41.4. The Morgan fingerprint density at radius 3 is 2.06 bits per heavy atom. The number of rotatable bonds is 22. The van der Waals surface area contributed by atoms with Crippen molar-refractivity contribution in [2.24, 2.45) is 0 Å². The Morgan fingerprint density at radius 2 is 1.44 bits per heavy atom. The van der Waals surface area contributed by atoms with Crippen LogP contribution < -0.4 is 31.3 Å². The largest absolute Gasteiger partial charge is 0.507 e. The first-order valence-electron chi connectivity index (χ1n) is 28.3. The number of hydrogen-bond donors (Lipinski definition) is 7. The number of nitrogens with zero attached hydrogens (tertiary/aromatic N) is 3. The Morgan fingerprint density at radius 1 is 0.814 bits per heavy atom. The minimum absolute atomic E-state index is 0.0356. The number of nitrogens with one attached hydrogen (secondary N) is 2. The predicted octanol–water partition coefficient (Wildman–Crippen LogP) is 7.64. The van der Waals surface area contributed by atoms with Gasteiger partial charge in [-0.25, -0.2) is 4.79 Å². The van der Waals surface area contributed by atoms with Crippen molar-refractivity contribution in [1.82, 2.24) is 20.3 Å². The zero-order chi connectivity index (χ0) is 60.9. The van der Waals surface area contributed by atoms with E-state index in [2.05, 4.69) is 112 Å². The Hall–Kier alpha value is -7.58. The number of unbranched alkanes of at least 4 members (excludes halogenated alkanes) is 3. The molecule has 0 radical (unpaired) electrons. The van der Waals surface area contributed by atoms with Crippen LogP contribution in [0, 0.1) is 0 Å². The van der Waals surface area contributed by atoms with Crippen molar-refractivity contribution < 1.29 is 68.5 Å². The molecule has 86 heavy (non-hydrogen) atoms. The molecule has 0 spiro atoms. The summed E-state index contributed by atoms with van der Waals surface area (Å²) in [6.45, 7) is 0.974. The fraction of sp³-hybridized carbons (Fsp3) is 0.328. The van der Waals surface area contributed by atoms with Gasteiger partial charge in [-0.1, -0.05) is 114 Å². The minimum atomic E-state index is -2.42. The molecule has 1 aromatic heterocycles. The van der Waals surface area contributed by atoms with Crippen molar-refractivity contribution in [3.8, 4) is 17.2 Å². The average molecular weight is 1230 g/mol. The van der Waals surface area contributed by atoms with Crippen LogP contribution in [0.1, 0.15) is 112 Å². The molecule has 3 aliphatic rings. The molecule has 1 aliphatic heterocycles. The number of phenolic OH excluding ortho intramolecular Hbond substituents is 2. The summed E-state index contributed by atoms with van der Waals surface area (Å²) >= 11 is 11.6. The normalized spacial score (nSPS) is 20.3. The monoisotopic (exact) mass is 1230 g/mol. The molecule has 10 rings (SSSR count). The van der Waals surface area contributed by atoms with Gasteiger partial charge in [0, 0.05) is 60.8 Å². The number of Topliss-reactive ketones (excluding diaryl/α,β-unsaturated/α-hetero) is 1. The van der Waals surface area contributed by atoms with Crippen LogP contribution in [0.3, 0.4) is 0 Å². The molecule has 2 aliphatic carbocycles. The molecule has 6 aromatic carbocycles. The number of benzene rings is 6. The summed E-state index contributed by atoms with van der Waals surface area (Å²) in [4.78, 5) is 66.6. The SMILES string of the molecule is COc1cccc2c1C(=O)c1c(O)c3c(c(O)c1C2=O)C[C@@](O)(C(=O)CO)C[C@@H]3OC1C[C@H](NC(=O)OC(Cc2cn(CCCCCC[P+](c3ccccc3)(c3ccccc3)c3ccccc3)nn2)c2ccc(NC(=O)C(Cl)Cl)cc2)[C@H](O)[C@H](C)O1. The number of aliphatic hydroxyl groups is 3. The molecule has 0 saturated carbocycles. The lowest BCUT2D eigenvalue weighted by molar-refractivity contribution is -0.249. The van der Waals surface area contributed by atoms with Gasteiger partial charge in [0.1, 0.15) is 64.8 Å². The highest BCUT2D eigenvalue weighted by Crippen LogP contribution is 2.56. The van der Waals surface area contributed by atoms with E-state index in [0.717, 1.165) is 31.8 Å². The van der Waals surface area contributed by atoms with Crippen LogP contribution in [0.25, 0.3) is 0 Å². The molecule has 2 amide bonds. The standard InChI is InChI=1S/C64H64Cl2N5O14P/c1-37-56(74)46(32-51(83-37)84-49-34-64(81,50(73)36-72)33-45-53(49)60(78)55-54(58(45)76)57(75)44-23-16-24-47(82-2)52(44)59(55)77)68-63(80)85-48(38-25-27-39(28-26-38)67-62(79)61(65)66)31-40-35-71(70-69-40)29-14-3-4-15-30-86(41-17-8-5-9-18-41,42-19-10-6-11-20-42)43-21-12-7-13-22-43/h5-13,16-28,35,37,46,48-49,51,56,61,72,74,81H,3-4,14-15,29-34,36H2,1-2H3,(H3-,67,68,69,70,75,76,77,78,79,80)/p+1/t37-,46-,48?,49-,51?,56+,64-/m0/s1. The highest BCUT2D eigenvalue weighted by molar-refractivity contribution is 7.95. The molecule has 2 unspecified atom stereocenters. The highest BCUT2D eigenvalue weighted by Gasteiger charge is 2.51. The Labute approximate surface area is 506 Å². The molecule has 7 N–H and O–H groups in total. The molecule has 448 valence electrons. The number of carbonyl (C=O) groups excluding carboxylic acids is 5. The summed E-state index contributed by atoms with van der Waals surface area (Å²) in [5.74, 6) is -4.92. The number of hydrogen-bond acceptors (Lipinski definition) is 16. The van der Waals surface area contributed by atoms with Crippen molar-refractivity contribution in [2.45, 2.75) is 112 Å². The number of amides is 2. The molecular weight excluding hydrogens is 1160 g/mol. The zero-order valence-corrected chi connectivity index (χ0v) is 49.5. The number of halogens is 2. The second-order valence-corrected chi connectivity index (χ2v) is 26.4. The van der Waals surface area contributed by atoms with Gasteiger partial charge >= 0.3 is 6.09 Å². The molecule has 1 fully saturated rings. The zero-order valence-electron chi connectivity index (χ0n) is 47.1. The molecule has 1 saturated heterocycles. The third kappa shape index (κ3) is 12.6. The number of aliphatic hydroxyl groups excluding tert-OH is 2. The van der Waals surface area contributed by atoms with Crippen LogP contribution in [0.4, 0.5) is 10.5 Å². The van der Waals surface area contributed by atoms with E-state index < -0.39 is 126 Å². The van der Waals surface area contributed by atoms with Crippen LogP contribution in [0.15, 0.2) is 140 Å². The van der Waals surface area contributed by atoms with Crippen LogP contribution in [0.5, 0.6) is 17.2 Å². The predicted molar refractivity (Wildman–Crippen MR) is 323 cm³/mol. The summed E-state index contributed by atoms with van der Waals surface area (Å²) in [7, 11) is -0.659. The number of ketones is 3. The van der Waals surface area contributed by atoms with Crippen LogP contribution >= 0.6 is 30.5 Å². The molecule has 7 aromatic rings. The van der Waals surface area contributed by atoms with E-state index in [4.69, 9.17) is 42.1 Å². The smallest absolute Gasteiger partial charge is 0.408 e. The third-order valence-corrected chi connectivity index (χ3v) is 21.2.